The van der Waals surface area contributed by atoms with Crippen molar-refractivity contribution in [3.05, 3.63) is 23.3 Å². The van der Waals surface area contributed by atoms with Crippen molar-refractivity contribution in [3.8, 4) is 5.75 Å². The number of aromatic hydroxyl groups is 1. The minimum atomic E-state index is -0.312. The highest BCUT2D eigenvalue weighted by Crippen LogP contribution is 2.41. The lowest BCUT2D eigenvalue weighted by molar-refractivity contribution is -0.129. The number of hydrogen-bond acceptors (Lipinski definition) is 4. The molecule has 0 saturated heterocycles. The first-order valence-corrected chi connectivity index (χ1v) is 10.4. The van der Waals surface area contributed by atoms with E-state index < -0.39 is 0 Å². The number of carbonyl (C=O) groups is 1. The standard InChI is InChI=1S/C21H35NO3S/c1-20(2,3)16-13-15(14-17(19(16)24)21(4,5)6)26-12-10-8-7-9-11-18(23)22-25/h13-14,24-25H,7-12H2,1-6H3,(H,22,23). The first-order valence-electron chi connectivity index (χ1n) is 9.40. The molecule has 0 aromatic heterocycles. The number of phenolic OH excluding ortho intramolecular Hbond substituents is 1. The van der Waals surface area contributed by atoms with Crippen LogP contribution in [0.1, 0.15) is 84.8 Å². The predicted molar refractivity (Wildman–Crippen MR) is 109 cm³/mol. The second-order valence-electron chi connectivity index (χ2n) is 8.91. The van der Waals surface area contributed by atoms with E-state index in [0.717, 1.165) is 42.6 Å². The van der Waals surface area contributed by atoms with Crippen LogP contribution in [0.4, 0.5) is 0 Å². The summed E-state index contributed by atoms with van der Waals surface area (Å²) in [5.74, 6) is 1.13. The zero-order valence-electron chi connectivity index (χ0n) is 17.1. The van der Waals surface area contributed by atoms with Crippen LogP contribution in [-0.4, -0.2) is 22.0 Å². The Morgan fingerprint density at radius 2 is 1.46 bits per heavy atom. The van der Waals surface area contributed by atoms with E-state index in [1.807, 2.05) is 11.8 Å². The molecule has 0 aliphatic rings. The number of phenols is 1. The van der Waals surface area contributed by atoms with Gasteiger partial charge in [-0.1, -0.05) is 54.4 Å². The first-order chi connectivity index (χ1) is 12.0. The number of rotatable bonds is 8. The van der Waals surface area contributed by atoms with Crippen LogP contribution in [0.15, 0.2) is 17.0 Å². The Kier molecular flexibility index (Phi) is 8.48. The Hall–Kier alpha value is -1.20. The maximum Gasteiger partial charge on any atom is 0.243 e. The number of hydroxylamine groups is 1. The fraction of sp³-hybridized carbons (Fsp3) is 0.667. The first kappa shape index (κ1) is 22.8. The van der Waals surface area contributed by atoms with Gasteiger partial charge in [-0.25, -0.2) is 5.48 Å². The summed E-state index contributed by atoms with van der Waals surface area (Å²) < 4.78 is 0. The van der Waals surface area contributed by atoms with Crippen molar-refractivity contribution in [1.29, 1.82) is 0 Å². The Labute approximate surface area is 162 Å². The number of thioether (sulfide) groups is 1. The summed E-state index contributed by atoms with van der Waals surface area (Å²) in [6.45, 7) is 12.8. The van der Waals surface area contributed by atoms with Crippen LogP contribution in [0.2, 0.25) is 0 Å². The average Bonchev–Trinajstić information content (AvgIpc) is 2.52. The van der Waals surface area contributed by atoms with Crippen LogP contribution in [0.5, 0.6) is 5.75 Å². The molecule has 0 aliphatic carbocycles. The fourth-order valence-electron chi connectivity index (χ4n) is 2.82. The number of hydrogen-bond donors (Lipinski definition) is 3. The van der Waals surface area contributed by atoms with Crippen LogP contribution >= 0.6 is 11.8 Å². The third kappa shape index (κ3) is 7.20. The third-order valence-electron chi connectivity index (χ3n) is 4.39. The van der Waals surface area contributed by atoms with Crippen LogP contribution in [0.3, 0.4) is 0 Å². The molecule has 0 atom stereocenters. The maximum atomic E-state index is 11.0. The van der Waals surface area contributed by atoms with E-state index in [9.17, 15) is 9.90 Å². The van der Waals surface area contributed by atoms with Gasteiger partial charge in [0.25, 0.3) is 0 Å². The van der Waals surface area contributed by atoms with Gasteiger partial charge in [-0.3, -0.25) is 10.0 Å². The highest BCUT2D eigenvalue weighted by molar-refractivity contribution is 7.99. The maximum absolute atomic E-state index is 11.0. The molecular weight excluding hydrogens is 346 g/mol. The summed E-state index contributed by atoms with van der Waals surface area (Å²) in [7, 11) is 0. The van der Waals surface area contributed by atoms with Gasteiger partial charge in [-0.2, -0.15) is 0 Å². The van der Waals surface area contributed by atoms with Gasteiger partial charge in [0.2, 0.25) is 5.91 Å². The van der Waals surface area contributed by atoms with Gasteiger partial charge < -0.3 is 5.11 Å². The summed E-state index contributed by atoms with van der Waals surface area (Å²) in [4.78, 5) is 12.2. The van der Waals surface area contributed by atoms with Crippen molar-refractivity contribution in [3.63, 3.8) is 0 Å². The molecule has 148 valence electrons. The highest BCUT2D eigenvalue weighted by atomic mass is 32.2. The fourth-order valence-corrected chi connectivity index (χ4v) is 3.81. The number of unbranched alkanes of at least 4 members (excludes halogenated alkanes) is 3. The summed E-state index contributed by atoms with van der Waals surface area (Å²) >= 11 is 1.83. The van der Waals surface area contributed by atoms with Crippen molar-refractivity contribution < 1.29 is 15.1 Å². The Morgan fingerprint density at radius 1 is 0.962 bits per heavy atom. The topological polar surface area (TPSA) is 69.6 Å². The monoisotopic (exact) mass is 381 g/mol. The third-order valence-corrected chi connectivity index (χ3v) is 5.45. The van der Waals surface area contributed by atoms with Crippen molar-refractivity contribution in [1.82, 2.24) is 5.48 Å². The van der Waals surface area contributed by atoms with Gasteiger partial charge in [0.15, 0.2) is 0 Å². The zero-order valence-corrected chi connectivity index (χ0v) is 17.9. The van der Waals surface area contributed by atoms with Crippen LogP contribution in [-0.2, 0) is 15.6 Å². The molecule has 0 radical (unpaired) electrons. The molecule has 3 N–H and O–H groups in total. The van der Waals surface area contributed by atoms with E-state index in [0.29, 0.717) is 12.2 Å². The Balaban J connectivity index is 2.68. The minimum Gasteiger partial charge on any atom is -0.507 e. The second kappa shape index (κ2) is 9.65. The highest BCUT2D eigenvalue weighted by Gasteiger charge is 2.26. The smallest absolute Gasteiger partial charge is 0.243 e. The van der Waals surface area contributed by atoms with Crippen molar-refractivity contribution in [2.24, 2.45) is 0 Å². The summed E-state index contributed by atoms with van der Waals surface area (Å²) in [6, 6.07) is 4.25. The van der Waals surface area contributed by atoms with Gasteiger partial charge in [0, 0.05) is 22.4 Å². The number of nitrogens with one attached hydrogen (secondary N) is 1. The van der Waals surface area contributed by atoms with Crippen molar-refractivity contribution >= 4 is 17.7 Å². The molecule has 0 saturated carbocycles. The van der Waals surface area contributed by atoms with Gasteiger partial charge in [-0.15, -0.1) is 11.8 Å². The predicted octanol–water partition coefficient (Wildman–Crippen LogP) is 5.54. The van der Waals surface area contributed by atoms with Gasteiger partial charge in [0.05, 0.1) is 0 Å². The largest absolute Gasteiger partial charge is 0.507 e. The number of benzene rings is 1. The van der Waals surface area contributed by atoms with E-state index >= 15 is 0 Å². The van der Waals surface area contributed by atoms with E-state index in [-0.39, 0.29) is 16.7 Å². The molecule has 0 heterocycles. The summed E-state index contributed by atoms with van der Waals surface area (Å²) in [5.41, 5.74) is 3.46. The quantitative estimate of drug-likeness (QED) is 0.239. The van der Waals surface area contributed by atoms with Crippen molar-refractivity contribution in [2.75, 3.05) is 5.75 Å². The molecule has 1 rings (SSSR count). The molecule has 0 unspecified atom stereocenters. The number of carbonyl (C=O) groups excluding carboxylic acids is 1. The molecule has 0 bridgehead atoms. The lowest BCUT2D eigenvalue weighted by Gasteiger charge is -2.28. The molecule has 0 fully saturated rings. The average molecular weight is 382 g/mol. The molecule has 26 heavy (non-hydrogen) atoms. The molecule has 1 amide bonds. The van der Waals surface area contributed by atoms with E-state index in [1.165, 1.54) is 4.90 Å². The van der Waals surface area contributed by atoms with Crippen LogP contribution in [0.25, 0.3) is 0 Å². The molecule has 1 aromatic rings. The molecule has 1 aromatic carbocycles. The molecule has 4 nitrogen and oxygen atoms in total. The van der Waals surface area contributed by atoms with Gasteiger partial charge >= 0.3 is 0 Å². The molecule has 0 spiro atoms. The van der Waals surface area contributed by atoms with Crippen LogP contribution < -0.4 is 5.48 Å². The van der Waals surface area contributed by atoms with Crippen LogP contribution in [0, 0.1) is 0 Å². The molecular formula is C21H35NO3S. The van der Waals surface area contributed by atoms with E-state index in [4.69, 9.17) is 5.21 Å². The minimum absolute atomic E-state index is 0.103. The summed E-state index contributed by atoms with van der Waals surface area (Å²) in [6.07, 6.45) is 4.33. The van der Waals surface area contributed by atoms with Gasteiger partial charge in [0.1, 0.15) is 5.75 Å². The van der Waals surface area contributed by atoms with Crippen molar-refractivity contribution in [2.45, 2.75) is 89.4 Å². The van der Waals surface area contributed by atoms with E-state index in [1.54, 1.807) is 5.48 Å². The Morgan fingerprint density at radius 3 is 1.92 bits per heavy atom. The SMILES string of the molecule is CC(C)(C)c1cc(SCCCCCCC(=O)NO)cc(C(C)(C)C)c1O. The normalized spacial score (nSPS) is 12.3. The van der Waals surface area contributed by atoms with Gasteiger partial charge in [-0.05, 0) is 41.6 Å². The lowest BCUT2D eigenvalue weighted by atomic mass is 9.79. The zero-order chi connectivity index (χ0) is 20.0. The van der Waals surface area contributed by atoms with E-state index in [2.05, 4.69) is 53.7 Å². The summed E-state index contributed by atoms with van der Waals surface area (Å²) in [5, 5.41) is 19.2. The lowest BCUT2D eigenvalue weighted by Crippen LogP contribution is -2.17. The molecule has 0 aliphatic heterocycles. The number of amides is 1. The molecule has 5 heteroatoms. The Bertz CT molecular complexity index is 565. The second-order valence-corrected chi connectivity index (χ2v) is 10.1.